The lowest BCUT2D eigenvalue weighted by atomic mass is 9.88. The molecule has 0 aromatic carbocycles. The molecule has 0 aliphatic carbocycles. The fraction of sp³-hybridized carbons (Fsp3) is 0.615. The molecule has 0 aliphatic heterocycles. The number of hydrogen-bond acceptors (Lipinski definition) is 4. The summed E-state index contributed by atoms with van der Waals surface area (Å²) in [4.78, 5) is 11.3. The molecule has 0 saturated heterocycles. The van der Waals surface area contributed by atoms with E-state index in [0.29, 0.717) is 17.1 Å². The van der Waals surface area contributed by atoms with Gasteiger partial charge in [-0.3, -0.25) is 0 Å². The second-order valence-corrected chi connectivity index (χ2v) is 5.67. The molecule has 0 bridgehead atoms. The quantitative estimate of drug-likeness (QED) is 0.863. The first-order chi connectivity index (χ1) is 8.14. The molecule has 1 heterocycles. The van der Waals surface area contributed by atoms with Gasteiger partial charge >= 0.3 is 5.97 Å². The SMILES string of the molecule is Cc1nnc(NC(C)C(C)(C)C)c(C(=O)O)c1C. The summed E-state index contributed by atoms with van der Waals surface area (Å²) in [6.45, 7) is 11.8. The number of aromatic carboxylic acids is 1. The maximum atomic E-state index is 11.3. The largest absolute Gasteiger partial charge is 0.478 e. The fourth-order valence-corrected chi connectivity index (χ4v) is 1.39. The number of hydrogen-bond donors (Lipinski definition) is 2. The van der Waals surface area contributed by atoms with Crippen molar-refractivity contribution in [3.05, 3.63) is 16.8 Å². The highest BCUT2D eigenvalue weighted by atomic mass is 16.4. The fourth-order valence-electron chi connectivity index (χ4n) is 1.39. The van der Waals surface area contributed by atoms with Crippen molar-refractivity contribution in [3.8, 4) is 0 Å². The van der Waals surface area contributed by atoms with E-state index < -0.39 is 5.97 Å². The van der Waals surface area contributed by atoms with Gasteiger partial charge in [-0.1, -0.05) is 20.8 Å². The third-order valence-electron chi connectivity index (χ3n) is 3.32. The van der Waals surface area contributed by atoms with E-state index in [0.717, 1.165) is 0 Å². The third kappa shape index (κ3) is 2.97. The predicted molar refractivity (Wildman–Crippen MR) is 71.0 cm³/mol. The molecule has 0 spiro atoms. The number of nitrogens with zero attached hydrogens (tertiary/aromatic N) is 2. The lowest BCUT2D eigenvalue weighted by Crippen LogP contribution is -2.32. The van der Waals surface area contributed by atoms with Crippen LogP contribution >= 0.6 is 0 Å². The molecule has 1 atom stereocenters. The second kappa shape index (κ2) is 4.92. The van der Waals surface area contributed by atoms with E-state index in [1.807, 2.05) is 6.92 Å². The zero-order valence-corrected chi connectivity index (χ0v) is 11.8. The Morgan fingerprint density at radius 2 is 1.83 bits per heavy atom. The molecule has 1 rings (SSSR count). The molecule has 0 fully saturated rings. The summed E-state index contributed by atoms with van der Waals surface area (Å²) < 4.78 is 0. The molecule has 5 nitrogen and oxygen atoms in total. The normalized spacial score (nSPS) is 13.2. The number of nitrogens with one attached hydrogen (secondary N) is 1. The Labute approximate surface area is 108 Å². The zero-order valence-electron chi connectivity index (χ0n) is 11.8. The van der Waals surface area contributed by atoms with E-state index in [9.17, 15) is 9.90 Å². The monoisotopic (exact) mass is 251 g/mol. The Balaban J connectivity index is 3.18. The van der Waals surface area contributed by atoms with Crippen LogP contribution in [0.3, 0.4) is 0 Å². The maximum Gasteiger partial charge on any atom is 0.339 e. The average Bonchev–Trinajstić information content (AvgIpc) is 2.21. The molecule has 1 aromatic rings. The van der Waals surface area contributed by atoms with Gasteiger partial charge < -0.3 is 10.4 Å². The summed E-state index contributed by atoms with van der Waals surface area (Å²) in [6, 6.07) is 0.0898. The van der Waals surface area contributed by atoms with Crippen molar-refractivity contribution in [2.24, 2.45) is 5.41 Å². The number of aromatic nitrogens is 2. The number of carboxylic acids is 1. The summed E-state index contributed by atoms with van der Waals surface area (Å²) in [5.41, 5.74) is 1.51. The minimum Gasteiger partial charge on any atom is -0.478 e. The van der Waals surface area contributed by atoms with E-state index in [4.69, 9.17) is 0 Å². The first kappa shape index (κ1) is 14.4. The summed E-state index contributed by atoms with van der Waals surface area (Å²) in [6.07, 6.45) is 0. The van der Waals surface area contributed by atoms with Gasteiger partial charge in [0.1, 0.15) is 5.56 Å². The second-order valence-electron chi connectivity index (χ2n) is 5.67. The zero-order chi connectivity index (χ0) is 14.1. The molecule has 100 valence electrons. The van der Waals surface area contributed by atoms with Crippen molar-refractivity contribution in [2.75, 3.05) is 5.32 Å². The van der Waals surface area contributed by atoms with Crippen molar-refractivity contribution < 1.29 is 9.90 Å². The van der Waals surface area contributed by atoms with E-state index in [-0.39, 0.29) is 17.0 Å². The van der Waals surface area contributed by atoms with Crippen molar-refractivity contribution in [1.29, 1.82) is 0 Å². The van der Waals surface area contributed by atoms with Gasteiger partial charge in [0.05, 0.1) is 5.69 Å². The van der Waals surface area contributed by atoms with Crippen LogP contribution in [0.4, 0.5) is 5.82 Å². The number of carboxylic acid groups (broad SMARTS) is 1. The highest BCUT2D eigenvalue weighted by Gasteiger charge is 2.24. The van der Waals surface area contributed by atoms with E-state index in [1.165, 1.54) is 0 Å². The number of rotatable bonds is 3. The molecule has 0 radical (unpaired) electrons. The van der Waals surface area contributed by atoms with E-state index in [1.54, 1.807) is 13.8 Å². The van der Waals surface area contributed by atoms with Crippen molar-refractivity contribution in [3.63, 3.8) is 0 Å². The van der Waals surface area contributed by atoms with Gasteiger partial charge in [0.25, 0.3) is 0 Å². The Morgan fingerprint density at radius 3 is 2.28 bits per heavy atom. The van der Waals surface area contributed by atoms with Crippen LogP contribution in [0.5, 0.6) is 0 Å². The summed E-state index contributed by atoms with van der Waals surface area (Å²) >= 11 is 0. The predicted octanol–water partition coefficient (Wildman–Crippen LogP) is 2.64. The van der Waals surface area contributed by atoms with Crippen LogP contribution in [0.25, 0.3) is 0 Å². The third-order valence-corrected chi connectivity index (χ3v) is 3.32. The maximum absolute atomic E-state index is 11.3. The smallest absolute Gasteiger partial charge is 0.339 e. The van der Waals surface area contributed by atoms with Gasteiger partial charge in [-0.05, 0) is 31.7 Å². The summed E-state index contributed by atoms with van der Waals surface area (Å²) in [5, 5.41) is 20.4. The standard InChI is InChI=1S/C13H21N3O2/c1-7-8(2)15-16-11(10(7)12(17)18)14-9(3)13(4,5)6/h9H,1-6H3,(H,14,16)(H,17,18). The van der Waals surface area contributed by atoms with Gasteiger partial charge in [0.2, 0.25) is 0 Å². The van der Waals surface area contributed by atoms with Crippen molar-refractivity contribution >= 4 is 11.8 Å². The van der Waals surface area contributed by atoms with Gasteiger partial charge in [-0.2, -0.15) is 5.10 Å². The molecular weight excluding hydrogens is 230 g/mol. The topological polar surface area (TPSA) is 75.1 Å². The van der Waals surface area contributed by atoms with Crippen LogP contribution in [0.1, 0.15) is 49.3 Å². The highest BCUT2D eigenvalue weighted by Crippen LogP contribution is 2.25. The molecule has 1 unspecified atom stereocenters. The Hall–Kier alpha value is -1.65. The number of aryl methyl sites for hydroxylation is 1. The molecule has 18 heavy (non-hydrogen) atoms. The van der Waals surface area contributed by atoms with E-state index in [2.05, 4.69) is 36.3 Å². The number of carbonyl (C=O) groups is 1. The average molecular weight is 251 g/mol. The number of anilines is 1. The Kier molecular flexibility index (Phi) is 3.94. The molecule has 5 heteroatoms. The van der Waals surface area contributed by atoms with Crippen molar-refractivity contribution in [2.45, 2.75) is 47.6 Å². The van der Waals surface area contributed by atoms with Crippen LogP contribution in [-0.2, 0) is 0 Å². The lowest BCUT2D eigenvalue weighted by molar-refractivity contribution is 0.0696. The first-order valence-corrected chi connectivity index (χ1v) is 5.98. The highest BCUT2D eigenvalue weighted by molar-refractivity contribution is 5.94. The van der Waals surface area contributed by atoms with Crippen LogP contribution in [0, 0.1) is 19.3 Å². The van der Waals surface area contributed by atoms with Crippen LogP contribution in [-0.4, -0.2) is 27.3 Å². The molecule has 0 saturated carbocycles. The molecule has 0 aliphatic rings. The van der Waals surface area contributed by atoms with Gasteiger partial charge in [-0.25, -0.2) is 4.79 Å². The molecule has 0 amide bonds. The van der Waals surface area contributed by atoms with Gasteiger partial charge in [-0.15, -0.1) is 5.10 Å². The molecule has 1 aromatic heterocycles. The van der Waals surface area contributed by atoms with Gasteiger partial charge in [0, 0.05) is 6.04 Å². The molecule has 2 N–H and O–H groups in total. The van der Waals surface area contributed by atoms with Crippen LogP contribution in [0.15, 0.2) is 0 Å². The van der Waals surface area contributed by atoms with Gasteiger partial charge in [0.15, 0.2) is 5.82 Å². The Bertz CT molecular complexity index is 464. The first-order valence-electron chi connectivity index (χ1n) is 5.98. The van der Waals surface area contributed by atoms with Crippen molar-refractivity contribution in [1.82, 2.24) is 10.2 Å². The molecular formula is C13H21N3O2. The lowest BCUT2D eigenvalue weighted by Gasteiger charge is -2.29. The minimum atomic E-state index is -0.978. The summed E-state index contributed by atoms with van der Waals surface area (Å²) in [5.74, 6) is -0.637. The van der Waals surface area contributed by atoms with E-state index >= 15 is 0 Å². The minimum absolute atomic E-state index is 0.0102. The Morgan fingerprint density at radius 1 is 1.28 bits per heavy atom. The van der Waals surface area contributed by atoms with Crippen LogP contribution < -0.4 is 5.32 Å². The summed E-state index contributed by atoms with van der Waals surface area (Å²) in [7, 11) is 0. The van der Waals surface area contributed by atoms with Crippen LogP contribution in [0.2, 0.25) is 0 Å².